The quantitative estimate of drug-likeness (QED) is 0.665. The van der Waals surface area contributed by atoms with Crippen molar-refractivity contribution in [2.75, 3.05) is 11.1 Å². The van der Waals surface area contributed by atoms with Gasteiger partial charge in [-0.3, -0.25) is 0 Å². The van der Waals surface area contributed by atoms with Gasteiger partial charge in [0.15, 0.2) is 5.13 Å². The van der Waals surface area contributed by atoms with Crippen LogP contribution in [0.25, 0.3) is 11.3 Å². The number of aromatic nitrogens is 1. The first kappa shape index (κ1) is 14.6. The normalized spacial score (nSPS) is 10.7. The predicted octanol–water partition coefficient (Wildman–Crippen LogP) is 5.06. The molecule has 1 aromatic heterocycles. The van der Waals surface area contributed by atoms with Crippen LogP contribution < -0.4 is 11.1 Å². The maximum atomic E-state index is 5.80. The van der Waals surface area contributed by atoms with E-state index in [1.807, 2.05) is 25.1 Å². The lowest BCUT2D eigenvalue weighted by Crippen LogP contribution is -1.94. The lowest BCUT2D eigenvalue weighted by atomic mass is 10.1. The summed E-state index contributed by atoms with van der Waals surface area (Å²) >= 11 is 1.67. The van der Waals surface area contributed by atoms with Gasteiger partial charge in [0.1, 0.15) is 0 Å². The zero-order valence-electron chi connectivity index (χ0n) is 13.0. The molecule has 0 bridgehead atoms. The minimum absolute atomic E-state index is 0.777. The molecule has 0 aliphatic heterocycles. The highest BCUT2D eigenvalue weighted by molar-refractivity contribution is 7.16. The summed E-state index contributed by atoms with van der Waals surface area (Å²) in [6, 6.07) is 14.3. The number of nitrogen functional groups attached to an aromatic ring is 1. The molecule has 3 nitrogen and oxygen atoms in total. The highest BCUT2D eigenvalue weighted by Crippen LogP contribution is 2.33. The maximum Gasteiger partial charge on any atom is 0.187 e. The van der Waals surface area contributed by atoms with E-state index in [-0.39, 0.29) is 0 Å². The van der Waals surface area contributed by atoms with Crippen molar-refractivity contribution in [3.05, 3.63) is 58.5 Å². The molecule has 0 unspecified atom stereocenters. The fourth-order valence-corrected chi connectivity index (χ4v) is 3.22. The van der Waals surface area contributed by atoms with E-state index in [1.54, 1.807) is 11.3 Å². The molecule has 0 saturated heterocycles. The lowest BCUT2D eigenvalue weighted by molar-refractivity contribution is 1.34. The van der Waals surface area contributed by atoms with Crippen molar-refractivity contribution in [3.63, 3.8) is 0 Å². The van der Waals surface area contributed by atoms with Gasteiger partial charge in [0, 0.05) is 21.8 Å². The SMILES string of the molecule is Cc1ccc(-c2nc(Nc3ccc(N)cc3C)sc2C)cc1. The van der Waals surface area contributed by atoms with Crippen molar-refractivity contribution in [2.45, 2.75) is 20.8 Å². The number of rotatable bonds is 3. The largest absolute Gasteiger partial charge is 0.399 e. The fourth-order valence-electron chi connectivity index (χ4n) is 2.37. The van der Waals surface area contributed by atoms with Crippen LogP contribution in [0.5, 0.6) is 0 Å². The summed E-state index contributed by atoms with van der Waals surface area (Å²) in [6.45, 7) is 6.24. The average molecular weight is 309 g/mol. The number of anilines is 3. The minimum atomic E-state index is 0.777. The second kappa shape index (κ2) is 5.81. The molecule has 2 aromatic carbocycles. The Bertz CT molecular complexity index is 804. The Morgan fingerprint density at radius 1 is 1.00 bits per heavy atom. The van der Waals surface area contributed by atoms with Crippen molar-refractivity contribution in [3.8, 4) is 11.3 Å². The third-order valence-electron chi connectivity index (χ3n) is 3.61. The van der Waals surface area contributed by atoms with Crippen molar-refractivity contribution in [1.29, 1.82) is 0 Å². The summed E-state index contributed by atoms with van der Waals surface area (Å²) in [5.74, 6) is 0. The summed E-state index contributed by atoms with van der Waals surface area (Å²) in [5, 5.41) is 4.30. The molecule has 0 atom stereocenters. The van der Waals surface area contributed by atoms with Gasteiger partial charge in [-0.15, -0.1) is 11.3 Å². The zero-order valence-corrected chi connectivity index (χ0v) is 13.8. The Labute approximate surface area is 134 Å². The molecule has 3 aromatic rings. The van der Waals surface area contributed by atoms with Gasteiger partial charge >= 0.3 is 0 Å². The van der Waals surface area contributed by atoms with Crippen molar-refractivity contribution >= 4 is 27.8 Å². The number of nitrogens with one attached hydrogen (secondary N) is 1. The summed E-state index contributed by atoms with van der Waals surface area (Å²) < 4.78 is 0. The van der Waals surface area contributed by atoms with Gasteiger partial charge in [-0.2, -0.15) is 0 Å². The van der Waals surface area contributed by atoms with Crippen LogP contribution in [0, 0.1) is 20.8 Å². The number of hydrogen-bond acceptors (Lipinski definition) is 4. The van der Waals surface area contributed by atoms with Gasteiger partial charge in [-0.25, -0.2) is 4.98 Å². The smallest absolute Gasteiger partial charge is 0.187 e. The van der Waals surface area contributed by atoms with Crippen molar-refractivity contribution < 1.29 is 0 Å². The number of thiazole rings is 1. The standard InChI is InChI=1S/C18H19N3S/c1-11-4-6-14(7-5-11)17-13(3)22-18(21-17)20-16-9-8-15(19)10-12(16)2/h4-10H,19H2,1-3H3,(H,20,21). The second-order valence-corrected chi connectivity index (χ2v) is 6.69. The molecular weight excluding hydrogens is 290 g/mol. The average Bonchev–Trinajstić information content (AvgIpc) is 2.84. The Hall–Kier alpha value is -2.33. The van der Waals surface area contributed by atoms with Gasteiger partial charge in [0.25, 0.3) is 0 Å². The van der Waals surface area contributed by atoms with E-state index in [1.165, 1.54) is 10.4 Å². The number of aryl methyl sites for hydroxylation is 3. The van der Waals surface area contributed by atoms with Crippen LogP contribution in [-0.2, 0) is 0 Å². The van der Waals surface area contributed by atoms with E-state index in [2.05, 4.69) is 43.4 Å². The highest BCUT2D eigenvalue weighted by atomic mass is 32.1. The van der Waals surface area contributed by atoms with E-state index in [0.717, 1.165) is 33.3 Å². The number of nitrogens with two attached hydrogens (primary N) is 1. The minimum Gasteiger partial charge on any atom is -0.399 e. The third kappa shape index (κ3) is 2.97. The topological polar surface area (TPSA) is 50.9 Å². The van der Waals surface area contributed by atoms with Gasteiger partial charge < -0.3 is 11.1 Å². The van der Waals surface area contributed by atoms with E-state index < -0.39 is 0 Å². The molecule has 112 valence electrons. The number of hydrogen-bond donors (Lipinski definition) is 2. The van der Waals surface area contributed by atoms with Gasteiger partial charge in [-0.05, 0) is 44.5 Å². The van der Waals surface area contributed by atoms with Gasteiger partial charge in [0.2, 0.25) is 0 Å². The van der Waals surface area contributed by atoms with Crippen molar-refractivity contribution in [1.82, 2.24) is 4.98 Å². The molecule has 22 heavy (non-hydrogen) atoms. The molecule has 0 amide bonds. The van der Waals surface area contributed by atoms with Crippen molar-refractivity contribution in [2.24, 2.45) is 0 Å². The van der Waals surface area contributed by atoms with E-state index in [4.69, 9.17) is 10.7 Å². The highest BCUT2D eigenvalue weighted by Gasteiger charge is 2.10. The zero-order chi connectivity index (χ0) is 15.7. The van der Waals surface area contributed by atoms with E-state index in [9.17, 15) is 0 Å². The lowest BCUT2D eigenvalue weighted by Gasteiger charge is -2.07. The van der Waals surface area contributed by atoms with Crippen LogP contribution in [0.2, 0.25) is 0 Å². The summed E-state index contributed by atoms with van der Waals surface area (Å²) in [4.78, 5) is 5.95. The molecule has 0 radical (unpaired) electrons. The predicted molar refractivity (Wildman–Crippen MR) is 95.9 cm³/mol. The van der Waals surface area contributed by atoms with Crippen LogP contribution in [0.4, 0.5) is 16.5 Å². The summed E-state index contributed by atoms with van der Waals surface area (Å²) in [5.41, 5.74) is 12.2. The Morgan fingerprint density at radius 2 is 1.73 bits per heavy atom. The third-order valence-corrected chi connectivity index (χ3v) is 4.50. The Morgan fingerprint density at radius 3 is 2.41 bits per heavy atom. The van der Waals surface area contributed by atoms with Crippen LogP contribution in [0.1, 0.15) is 16.0 Å². The van der Waals surface area contributed by atoms with Crippen LogP contribution in [0.15, 0.2) is 42.5 Å². The molecule has 3 rings (SSSR count). The fraction of sp³-hybridized carbons (Fsp3) is 0.167. The molecular formula is C18H19N3S. The summed E-state index contributed by atoms with van der Waals surface area (Å²) in [6.07, 6.45) is 0. The molecule has 0 fully saturated rings. The van der Waals surface area contributed by atoms with Gasteiger partial charge in [-0.1, -0.05) is 29.8 Å². The molecule has 0 saturated carbocycles. The number of benzene rings is 2. The first-order valence-electron chi connectivity index (χ1n) is 7.20. The second-order valence-electron chi connectivity index (χ2n) is 5.49. The first-order chi connectivity index (χ1) is 10.5. The first-order valence-corrected chi connectivity index (χ1v) is 8.02. The Kier molecular flexibility index (Phi) is 3.86. The van der Waals surface area contributed by atoms with Gasteiger partial charge in [0.05, 0.1) is 5.69 Å². The molecule has 4 heteroatoms. The Balaban J connectivity index is 1.90. The number of nitrogens with zero attached hydrogens (tertiary/aromatic N) is 1. The molecule has 0 aliphatic rings. The molecule has 3 N–H and O–H groups in total. The maximum absolute atomic E-state index is 5.80. The molecule has 0 aliphatic carbocycles. The van der Waals surface area contributed by atoms with Crippen LogP contribution in [-0.4, -0.2) is 4.98 Å². The van der Waals surface area contributed by atoms with Crippen LogP contribution in [0.3, 0.4) is 0 Å². The molecule has 1 heterocycles. The van der Waals surface area contributed by atoms with Crippen LogP contribution >= 0.6 is 11.3 Å². The molecule has 0 spiro atoms. The summed E-state index contributed by atoms with van der Waals surface area (Å²) in [7, 11) is 0. The van der Waals surface area contributed by atoms with E-state index >= 15 is 0 Å². The monoisotopic (exact) mass is 309 g/mol. The van der Waals surface area contributed by atoms with E-state index in [0.29, 0.717) is 0 Å².